The molecule has 1 aliphatic rings. The van der Waals surface area contributed by atoms with E-state index in [0.717, 1.165) is 0 Å². The molecule has 0 aromatic carbocycles. The first-order chi connectivity index (χ1) is 13.7. The minimum Gasteiger partial charge on any atom is -0.431 e. The molecule has 0 aliphatic carbocycles. The average molecular weight is 380 g/mol. The largest absolute Gasteiger partial charge is 0.431 e. The second-order valence-corrected chi connectivity index (χ2v) is 5.91. The molecule has 0 atom stereocenters. The second-order valence-electron chi connectivity index (χ2n) is 5.91. The van der Waals surface area contributed by atoms with Gasteiger partial charge in [-0.3, -0.25) is 19.9 Å². The molecule has 2 amide bonds. The molecule has 1 saturated heterocycles. The Labute approximate surface area is 159 Å². The summed E-state index contributed by atoms with van der Waals surface area (Å²) in [4.78, 5) is 48.6. The molecule has 3 aromatic rings. The highest BCUT2D eigenvalue weighted by Gasteiger charge is 2.25. The normalized spacial score (nSPS) is 14.0. The van der Waals surface area contributed by atoms with Crippen LogP contribution in [0.1, 0.15) is 21.0 Å². The van der Waals surface area contributed by atoms with Gasteiger partial charge in [0.25, 0.3) is 11.8 Å². The van der Waals surface area contributed by atoms with Gasteiger partial charge in [0.15, 0.2) is 5.69 Å². The van der Waals surface area contributed by atoms with Crippen LogP contribution < -0.4 is 10.2 Å². The number of aromatic nitrogens is 5. The van der Waals surface area contributed by atoms with Crippen LogP contribution in [0.4, 0.5) is 12.0 Å². The zero-order valence-corrected chi connectivity index (χ0v) is 14.7. The van der Waals surface area contributed by atoms with E-state index in [1.54, 1.807) is 23.4 Å². The number of piperazine rings is 1. The molecule has 0 saturated carbocycles. The molecule has 4 heterocycles. The number of hydrogen-bond donors (Lipinski definition) is 1. The maximum Gasteiger partial charge on any atom is 0.302 e. The van der Waals surface area contributed by atoms with Gasteiger partial charge in [-0.25, -0.2) is 15.0 Å². The molecule has 1 aliphatic heterocycles. The van der Waals surface area contributed by atoms with Gasteiger partial charge >= 0.3 is 6.01 Å². The molecule has 0 unspecified atom stereocenters. The fourth-order valence-corrected chi connectivity index (χ4v) is 2.73. The highest BCUT2D eigenvalue weighted by molar-refractivity contribution is 6.01. The zero-order valence-electron chi connectivity index (χ0n) is 14.7. The van der Waals surface area contributed by atoms with Crippen molar-refractivity contribution in [1.29, 1.82) is 0 Å². The quantitative estimate of drug-likeness (QED) is 0.686. The topological polar surface area (TPSA) is 130 Å². The number of hydrogen-bond acceptors (Lipinski definition) is 9. The summed E-state index contributed by atoms with van der Waals surface area (Å²) >= 11 is 0. The minimum atomic E-state index is -0.523. The third kappa shape index (κ3) is 3.77. The van der Waals surface area contributed by atoms with E-state index >= 15 is 0 Å². The van der Waals surface area contributed by atoms with Gasteiger partial charge in [-0.15, -0.1) is 0 Å². The first-order valence-electron chi connectivity index (χ1n) is 8.55. The molecule has 0 bridgehead atoms. The van der Waals surface area contributed by atoms with Crippen molar-refractivity contribution < 1.29 is 14.0 Å². The molecule has 4 rings (SSSR count). The molecule has 1 fully saturated rings. The summed E-state index contributed by atoms with van der Waals surface area (Å²) in [5.41, 5.74) is 0.242. The Hall–Kier alpha value is -3.89. The maximum atomic E-state index is 12.6. The maximum absolute atomic E-state index is 12.6. The number of nitrogens with zero attached hydrogens (tertiary/aromatic N) is 7. The van der Waals surface area contributed by atoms with E-state index in [1.807, 2.05) is 4.90 Å². The summed E-state index contributed by atoms with van der Waals surface area (Å²) in [6.07, 6.45) is 8.78. The Balaban J connectivity index is 1.35. The van der Waals surface area contributed by atoms with Gasteiger partial charge in [-0.2, -0.15) is 4.98 Å². The van der Waals surface area contributed by atoms with Crippen molar-refractivity contribution >= 4 is 23.8 Å². The lowest BCUT2D eigenvalue weighted by atomic mass is 10.3. The molecule has 28 heavy (non-hydrogen) atoms. The Bertz CT molecular complexity index is 955. The van der Waals surface area contributed by atoms with Crippen molar-refractivity contribution in [2.45, 2.75) is 0 Å². The Morgan fingerprint density at radius 3 is 2.46 bits per heavy atom. The summed E-state index contributed by atoms with van der Waals surface area (Å²) in [6, 6.07) is 1.68. The van der Waals surface area contributed by atoms with Gasteiger partial charge < -0.3 is 14.2 Å². The SMILES string of the molecule is O=C(Nc1nc(C(=O)N2CCN(c3ncccn3)CC2)co1)c1cnccn1. The van der Waals surface area contributed by atoms with Crippen LogP contribution in [-0.2, 0) is 0 Å². The molecular weight excluding hydrogens is 364 g/mol. The Morgan fingerprint density at radius 1 is 0.964 bits per heavy atom. The summed E-state index contributed by atoms with van der Waals surface area (Å²) in [5, 5.41) is 2.45. The van der Waals surface area contributed by atoms with Crippen LogP contribution >= 0.6 is 0 Å². The monoisotopic (exact) mass is 380 g/mol. The molecular formula is C17H16N8O3. The van der Waals surface area contributed by atoms with E-state index < -0.39 is 5.91 Å². The van der Waals surface area contributed by atoms with Crippen molar-refractivity contribution in [2.75, 3.05) is 36.4 Å². The predicted molar refractivity (Wildman–Crippen MR) is 96.6 cm³/mol. The van der Waals surface area contributed by atoms with Crippen molar-refractivity contribution in [3.63, 3.8) is 0 Å². The Kier molecular flexibility index (Phi) is 4.87. The summed E-state index contributed by atoms with van der Waals surface area (Å²) in [5.74, 6) is -0.146. The molecule has 11 nitrogen and oxygen atoms in total. The first kappa shape index (κ1) is 17.5. The number of anilines is 2. The van der Waals surface area contributed by atoms with Crippen LogP contribution in [0.3, 0.4) is 0 Å². The van der Waals surface area contributed by atoms with E-state index in [1.165, 1.54) is 24.9 Å². The zero-order chi connectivity index (χ0) is 19.3. The third-order valence-electron chi connectivity index (χ3n) is 4.14. The number of oxazole rings is 1. The third-order valence-corrected chi connectivity index (χ3v) is 4.14. The van der Waals surface area contributed by atoms with E-state index in [4.69, 9.17) is 4.42 Å². The van der Waals surface area contributed by atoms with Crippen molar-refractivity contribution in [3.05, 3.63) is 54.7 Å². The second kappa shape index (κ2) is 7.78. The van der Waals surface area contributed by atoms with Gasteiger partial charge in [-0.05, 0) is 6.07 Å². The number of carbonyl (C=O) groups is 2. The first-order valence-corrected chi connectivity index (χ1v) is 8.55. The summed E-state index contributed by atoms with van der Waals surface area (Å²) < 4.78 is 5.19. The molecule has 11 heteroatoms. The molecule has 0 spiro atoms. The van der Waals surface area contributed by atoms with E-state index in [2.05, 4.69) is 30.2 Å². The van der Waals surface area contributed by atoms with E-state index in [0.29, 0.717) is 32.1 Å². The molecule has 142 valence electrons. The smallest absolute Gasteiger partial charge is 0.302 e. The van der Waals surface area contributed by atoms with E-state index in [-0.39, 0.29) is 23.3 Å². The predicted octanol–water partition coefficient (Wildman–Crippen LogP) is 0.469. The van der Waals surface area contributed by atoms with Crippen molar-refractivity contribution in [3.8, 4) is 0 Å². The van der Waals surface area contributed by atoms with Crippen molar-refractivity contribution in [1.82, 2.24) is 29.8 Å². The number of amides is 2. The number of carbonyl (C=O) groups excluding carboxylic acids is 2. The average Bonchev–Trinajstić information content (AvgIpc) is 3.23. The lowest BCUT2D eigenvalue weighted by Crippen LogP contribution is -2.49. The van der Waals surface area contributed by atoms with Crippen LogP contribution in [0.2, 0.25) is 0 Å². The lowest BCUT2D eigenvalue weighted by molar-refractivity contribution is 0.0740. The molecule has 1 N–H and O–H groups in total. The van der Waals surface area contributed by atoms with Gasteiger partial charge in [0.05, 0.1) is 6.20 Å². The lowest BCUT2D eigenvalue weighted by Gasteiger charge is -2.34. The van der Waals surface area contributed by atoms with Crippen LogP contribution in [-0.4, -0.2) is 67.8 Å². The molecule has 0 radical (unpaired) electrons. The fraction of sp³-hybridized carbons (Fsp3) is 0.235. The van der Waals surface area contributed by atoms with Gasteiger partial charge in [-0.1, -0.05) is 0 Å². The number of nitrogens with one attached hydrogen (secondary N) is 1. The van der Waals surface area contributed by atoms with Gasteiger partial charge in [0.1, 0.15) is 12.0 Å². The summed E-state index contributed by atoms with van der Waals surface area (Å²) in [6.45, 7) is 2.24. The fourth-order valence-electron chi connectivity index (χ4n) is 2.73. The summed E-state index contributed by atoms with van der Waals surface area (Å²) in [7, 11) is 0. The molecule has 3 aromatic heterocycles. The van der Waals surface area contributed by atoms with Crippen LogP contribution in [0.5, 0.6) is 0 Å². The minimum absolute atomic E-state index is 0.0738. The Morgan fingerprint density at radius 2 is 1.75 bits per heavy atom. The highest BCUT2D eigenvalue weighted by Crippen LogP contribution is 2.14. The van der Waals surface area contributed by atoms with Gasteiger partial charge in [0.2, 0.25) is 5.95 Å². The standard InChI is InChI=1S/C17H16N8O3/c26-14(12-10-18-4-5-19-12)23-17-22-13(11-28-17)15(27)24-6-8-25(9-7-24)16-20-2-1-3-21-16/h1-5,10-11H,6-9H2,(H,22,23,26). The van der Waals surface area contributed by atoms with Crippen molar-refractivity contribution in [2.24, 2.45) is 0 Å². The highest BCUT2D eigenvalue weighted by atomic mass is 16.4. The van der Waals surface area contributed by atoms with Crippen LogP contribution in [0, 0.1) is 0 Å². The van der Waals surface area contributed by atoms with Crippen LogP contribution in [0.25, 0.3) is 0 Å². The van der Waals surface area contributed by atoms with Gasteiger partial charge in [0, 0.05) is 51.0 Å². The van der Waals surface area contributed by atoms with E-state index in [9.17, 15) is 9.59 Å². The number of rotatable bonds is 4. The van der Waals surface area contributed by atoms with Crippen LogP contribution in [0.15, 0.2) is 47.7 Å².